The molecule has 0 saturated heterocycles. The zero-order valence-corrected chi connectivity index (χ0v) is 6.59. The molecule has 0 heterocycles. The first-order chi connectivity index (χ1) is 3.18. The Balaban J connectivity index is 3.14. The van der Waals surface area contributed by atoms with E-state index >= 15 is 0 Å². The van der Waals surface area contributed by atoms with E-state index in [2.05, 4.69) is 26.7 Å². The van der Waals surface area contributed by atoms with Crippen LogP contribution in [0.1, 0.15) is 13.8 Å². The normalized spacial score (nSPS) is 11.1. The van der Waals surface area contributed by atoms with Crippen molar-refractivity contribution >= 4 is 24.8 Å². The fraction of sp³-hybridized carbons (Fsp3) is 1.00. The van der Waals surface area contributed by atoms with E-state index in [9.17, 15) is 0 Å². The molecule has 0 aromatic rings. The minimum atomic E-state index is 0.526. The first-order valence-electron chi connectivity index (χ1n) is 2.20. The van der Waals surface area contributed by atoms with Crippen LogP contribution in [-0.2, 0) is 0 Å². The number of hydrogen-bond donors (Lipinski definition) is 1. The van der Waals surface area contributed by atoms with Gasteiger partial charge in [-0.3, -0.25) is 0 Å². The van der Waals surface area contributed by atoms with Crippen LogP contribution in [0.15, 0.2) is 0 Å². The average molecular weight is 137 g/mol. The second-order valence-electron chi connectivity index (χ2n) is 1.58. The maximum Gasteiger partial charge on any atom is 0.0256 e. The highest BCUT2D eigenvalue weighted by molar-refractivity contribution is 8.04. The molecule has 0 rings (SSSR count). The number of nitrogens with zero attached hydrogens (tertiary/aromatic N) is 1. The molecule has 0 amide bonds. The largest absolute Gasteiger partial charge is 0.195 e. The highest BCUT2D eigenvalue weighted by Gasteiger charge is 1.98. The van der Waals surface area contributed by atoms with E-state index in [4.69, 9.17) is 0 Å². The third-order valence-corrected chi connectivity index (χ3v) is 2.38. The van der Waals surface area contributed by atoms with Crippen LogP contribution < -0.4 is 0 Å². The number of rotatable bonds is 2. The van der Waals surface area contributed by atoms with Gasteiger partial charge in [0.15, 0.2) is 0 Å². The summed E-state index contributed by atoms with van der Waals surface area (Å²) in [6.07, 6.45) is 2.01. The van der Waals surface area contributed by atoms with Crippen molar-refractivity contribution in [2.24, 2.45) is 0 Å². The molecule has 0 fully saturated rings. The molecule has 0 aliphatic heterocycles. The number of hydrogen-bond acceptors (Lipinski definition) is 3. The van der Waals surface area contributed by atoms with E-state index in [0.29, 0.717) is 6.04 Å². The first-order valence-corrected chi connectivity index (χ1v) is 3.79. The van der Waals surface area contributed by atoms with Crippen molar-refractivity contribution in [3.8, 4) is 0 Å². The van der Waals surface area contributed by atoms with Crippen molar-refractivity contribution in [3.05, 3.63) is 0 Å². The minimum Gasteiger partial charge on any atom is -0.195 e. The van der Waals surface area contributed by atoms with Crippen molar-refractivity contribution in [1.29, 1.82) is 0 Å². The van der Waals surface area contributed by atoms with Crippen LogP contribution in [0.25, 0.3) is 0 Å². The van der Waals surface area contributed by atoms with Gasteiger partial charge >= 0.3 is 0 Å². The molecule has 0 aliphatic carbocycles. The Morgan fingerprint density at radius 3 is 2.00 bits per heavy atom. The Hall–Kier alpha value is 0.660. The van der Waals surface area contributed by atoms with Gasteiger partial charge in [0, 0.05) is 6.04 Å². The van der Waals surface area contributed by atoms with Crippen LogP contribution in [-0.4, -0.2) is 16.0 Å². The van der Waals surface area contributed by atoms with Crippen molar-refractivity contribution in [1.82, 2.24) is 3.71 Å². The van der Waals surface area contributed by atoms with Gasteiger partial charge in [-0.05, 0) is 20.1 Å². The van der Waals surface area contributed by atoms with Gasteiger partial charge in [0.2, 0.25) is 0 Å². The zero-order chi connectivity index (χ0) is 5.86. The molecule has 3 heteroatoms. The molecule has 1 nitrogen and oxygen atoms in total. The fourth-order valence-corrected chi connectivity index (χ4v) is 0.632. The molecule has 44 valence electrons. The second-order valence-corrected chi connectivity index (χ2v) is 3.04. The Morgan fingerprint density at radius 1 is 1.57 bits per heavy atom. The highest BCUT2D eigenvalue weighted by Crippen LogP contribution is 2.11. The third kappa shape index (κ3) is 3.26. The predicted octanol–water partition coefficient (Wildman–Crippen LogP) is 1.82. The molecule has 0 atom stereocenters. The minimum absolute atomic E-state index is 0.526. The lowest BCUT2D eigenvalue weighted by atomic mass is 10.4. The average Bonchev–Trinajstić information content (AvgIpc) is 1.65. The summed E-state index contributed by atoms with van der Waals surface area (Å²) >= 11 is 5.75. The summed E-state index contributed by atoms with van der Waals surface area (Å²) in [5.41, 5.74) is 0. The van der Waals surface area contributed by atoms with E-state index < -0.39 is 0 Å². The molecule has 0 spiro atoms. The van der Waals surface area contributed by atoms with Crippen LogP contribution in [0.3, 0.4) is 0 Å². The predicted molar refractivity (Wildman–Crippen MR) is 39.5 cm³/mol. The Morgan fingerprint density at radius 2 is 2.00 bits per heavy atom. The fourth-order valence-electron chi connectivity index (χ4n) is 0.211. The summed E-state index contributed by atoms with van der Waals surface area (Å²) in [6, 6.07) is 0.526. The third-order valence-electron chi connectivity index (χ3n) is 0.629. The van der Waals surface area contributed by atoms with Gasteiger partial charge in [-0.2, -0.15) is 3.71 Å². The van der Waals surface area contributed by atoms with Gasteiger partial charge in [-0.1, -0.05) is 24.8 Å². The van der Waals surface area contributed by atoms with Crippen LogP contribution in [0.4, 0.5) is 0 Å². The van der Waals surface area contributed by atoms with Gasteiger partial charge in [0.1, 0.15) is 0 Å². The molecule has 0 saturated carbocycles. The first kappa shape index (κ1) is 7.66. The van der Waals surface area contributed by atoms with E-state index in [1.54, 1.807) is 11.9 Å². The molecule has 0 aliphatic rings. The van der Waals surface area contributed by atoms with Gasteiger partial charge in [-0.15, -0.1) is 0 Å². The van der Waals surface area contributed by atoms with Crippen LogP contribution in [0.5, 0.6) is 0 Å². The second kappa shape index (κ2) is 3.64. The molecular weight excluding hydrogens is 126 g/mol. The summed E-state index contributed by atoms with van der Waals surface area (Å²) < 4.78 is 1.90. The molecule has 0 bridgehead atoms. The molecule has 0 aromatic heterocycles. The molecule has 0 radical (unpaired) electrons. The zero-order valence-electron chi connectivity index (χ0n) is 4.88. The van der Waals surface area contributed by atoms with E-state index in [0.717, 1.165) is 0 Å². The summed E-state index contributed by atoms with van der Waals surface area (Å²) in [4.78, 5) is 0. The van der Waals surface area contributed by atoms with E-state index in [1.165, 1.54) is 0 Å². The van der Waals surface area contributed by atoms with Crippen LogP contribution >= 0.6 is 24.8 Å². The van der Waals surface area contributed by atoms with Crippen molar-refractivity contribution < 1.29 is 0 Å². The Labute approximate surface area is 55.1 Å². The molecule has 0 N–H and O–H groups in total. The maximum absolute atomic E-state index is 4.12. The molecular formula is C4H11NS2. The summed E-state index contributed by atoms with van der Waals surface area (Å²) in [7, 11) is 0. The maximum atomic E-state index is 4.12. The lowest BCUT2D eigenvalue weighted by molar-refractivity contribution is 0.608. The lowest BCUT2D eigenvalue weighted by Gasteiger charge is -2.14. The SMILES string of the molecule is CSN(S)C(C)C. The van der Waals surface area contributed by atoms with Crippen LogP contribution in [0, 0.1) is 0 Å². The van der Waals surface area contributed by atoms with Crippen molar-refractivity contribution in [3.63, 3.8) is 0 Å². The number of thiol groups is 1. The Bertz CT molecular complexity index is 47.0. The van der Waals surface area contributed by atoms with Gasteiger partial charge in [0.05, 0.1) is 0 Å². The van der Waals surface area contributed by atoms with E-state index in [-0.39, 0.29) is 0 Å². The summed E-state index contributed by atoms with van der Waals surface area (Å²) in [5, 5.41) is 0. The quantitative estimate of drug-likeness (QED) is 0.457. The smallest absolute Gasteiger partial charge is 0.0256 e. The molecule has 7 heavy (non-hydrogen) atoms. The summed E-state index contributed by atoms with van der Waals surface area (Å²) in [5.74, 6) is 0. The monoisotopic (exact) mass is 137 g/mol. The molecule has 0 aromatic carbocycles. The van der Waals surface area contributed by atoms with Crippen molar-refractivity contribution in [2.45, 2.75) is 19.9 Å². The summed E-state index contributed by atoms with van der Waals surface area (Å²) in [6.45, 7) is 4.20. The molecule has 0 unspecified atom stereocenters. The standard InChI is InChI=1S/C4H11NS2/c1-4(2)5(6)7-3/h4,6H,1-3H3. The Kier molecular flexibility index (Phi) is 3.98. The van der Waals surface area contributed by atoms with Gasteiger partial charge in [-0.25, -0.2) is 0 Å². The van der Waals surface area contributed by atoms with Crippen molar-refractivity contribution in [2.75, 3.05) is 6.26 Å². The van der Waals surface area contributed by atoms with E-state index in [1.807, 2.05) is 9.97 Å². The van der Waals surface area contributed by atoms with Crippen LogP contribution in [0.2, 0.25) is 0 Å². The lowest BCUT2D eigenvalue weighted by Crippen LogP contribution is -2.11. The van der Waals surface area contributed by atoms with Gasteiger partial charge < -0.3 is 0 Å². The van der Waals surface area contributed by atoms with Gasteiger partial charge in [0.25, 0.3) is 0 Å². The highest BCUT2D eigenvalue weighted by atomic mass is 32.2. The topological polar surface area (TPSA) is 3.24 Å².